The van der Waals surface area contributed by atoms with Crippen molar-refractivity contribution in [1.82, 2.24) is 0 Å². The predicted molar refractivity (Wildman–Crippen MR) is 114 cm³/mol. The summed E-state index contributed by atoms with van der Waals surface area (Å²) in [6.07, 6.45) is 2.33. The monoisotopic (exact) mass is 347 g/mol. The average molecular weight is 347 g/mol. The van der Waals surface area contributed by atoms with Crippen LogP contribution in [0.1, 0.15) is 33.6 Å². The maximum Gasteiger partial charge on any atom is 0.117 e. The molecular formula is C24H28P+. The maximum absolute atomic E-state index is 2.49. The van der Waals surface area contributed by atoms with Crippen molar-refractivity contribution in [1.29, 1.82) is 0 Å². The molecule has 0 saturated carbocycles. The summed E-state index contributed by atoms with van der Waals surface area (Å²) in [5.41, 5.74) is 0. The van der Waals surface area contributed by atoms with E-state index >= 15 is 0 Å². The van der Waals surface area contributed by atoms with E-state index in [1.807, 2.05) is 0 Å². The van der Waals surface area contributed by atoms with E-state index in [2.05, 4.69) is 112 Å². The summed E-state index contributed by atoms with van der Waals surface area (Å²) >= 11 is 0. The summed E-state index contributed by atoms with van der Waals surface area (Å²) in [6.45, 7) is 7.20. The zero-order valence-corrected chi connectivity index (χ0v) is 16.4. The Kier molecular flexibility index (Phi) is 5.40. The number of hydrogen-bond acceptors (Lipinski definition) is 0. The van der Waals surface area contributed by atoms with Crippen LogP contribution in [0.5, 0.6) is 0 Å². The first-order valence-corrected chi connectivity index (χ1v) is 11.0. The van der Waals surface area contributed by atoms with Crippen LogP contribution >= 0.6 is 7.26 Å². The largest absolute Gasteiger partial charge is 0.117 e. The molecule has 0 aliphatic carbocycles. The molecule has 3 aromatic rings. The Labute approximate surface area is 153 Å². The summed E-state index contributed by atoms with van der Waals surface area (Å²) in [5, 5.41) is 4.67. The molecule has 1 heteroatoms. The molecule has 0 aromatic heterocycles. The van der Waals surface area contributed by atoms with Gasteiger partial charge < -0.3 is 0 Å². The van der Waals surface area contributed by atoms with Crippen LogP contribution in [0.4, 0.5) is 0 Å². The van der Waals surface area contributed by atoms with E-state index in [4.69, 9.17) is 0 Å². The molecule has 128 valence electrons. The highest BCUT2D eigenvalue weighted by atomic mass is 31.2. The third-order valence-electron chi connectivity index (χ3n) is 5.76. The SMILES string of the molecule is CCC(C)(CC)[P+](c1ccccc1)(c1ccccc1)c1ccccc1. The van der Waals surface area contributed by atoms with Gasteiger partial charge in [-0.25, -0.2) is 0 Å². The Balaban J connectivity index is 2.45. The average Bonchev–Trinajstić information content (AvgIpc) is 2.71. The van der Waals surface area contributed by atoms with Crippen molar-refractivity contribution in [3.8, 4) is 0 Å². The van der Waals surface area contributed by atoms with Crippen molar-refractivity contribution in [2.45, 2.75) is 38.8 Å². The first kappa shape index (κ1) is 17.9. The molecule has 25 heavy (non-hydrogen) atoms. The van der Waals surface area contributed by atoms with Crippen molar-refractivity contribution < 1.29 is 0 Å². The van der Waals surface area contributed by atoms with Crippen molar-refractivity contribution >= 4 is 23.2 Å². The summed E-state index contributed by atoms with van der Waals surface area (Å²) in [5.74, 6) is 0. The van der Waals surface area contributed by atoms with Gasteiger partial charge in [0.05, 0.1) is 5.16 Å². The lowest BCUT2D eigenvalue weighted by Gasteiger charge is -2.42. The van der Waals surface area contributed by atoms with E-state index in [1.54, 1.807) is 0 Å². The highest BCUT2D eigenvalue weighted by Gasteiger charge is 2.58. The van der Waals surface area contributed by atoms with Gasteiger partial charge in [0, 0.05) is 0 Å². The fourth-order valence-corrected chi connectivity index (χ4v) is 9.63. The quantitative estimate of drug-likeness (QED) is 0.512. The Morgan fingerprint density at radius 2 is 0.840 bits per heavy atom. The lowest BCUT2D eigenvalue weighted by Crippen LogP contribution is -2.45. The molecule has 0 N–H and O–H groups in total. The second-order valence-electron chi connectivity index (χ2n) is 6.88. The Bertz CT molecular complexity index is 677. The van der Waals surface area contributed by atoms with Gasteiger partial charge in [-0.1, -0.05) is 68.4 Å². The molecule has 0 radical (unpaired) electrons. The van der Waals surface area contributed by atoms with E-state index in [9.17, 15) is 0 Å². The zero-order valence-electron chi connectivity index (χ0n) is 15.5. The van der Waals surface area contributed by atoms with Crippen LogP contribution in [0.3, 0.4) is 0 Å². The van der Waals surface area contributed by atoms with Crippen molar-refractivity contribution in [3.05, 3.63) is 91.0 Å². The molecular weight excluding hydrogens is 319 g/mol. The second kappa shape index (κ2) is 7.54. The van der Waals surface area contributed by atoms with Crippen molar-refractivity contribution in [2.24, 2.45) is 0 Å². The molecule has 0 nitrogen and oxygen atoms in total. The number of benzene rings is 3. The minimum Gasteiger partial charge on any atom is -0.0620 e. The number of hydrogen-bond donors (Lipinski definition) is 0. The molecule has 0 saturated heterocycles. The molecule has 0 amide bonds. The normalized spacial score (nSPS) is 12.1. The van der Waals surface area contributed by atoms with E-state index in [0.717, 1.165) is 12.8 Å². The van der Waals surface area contributed by atoms with Crippen molar-refractivity contribution in [3.63, 3.8) is 0 Å². The van der Waals surface area contributed by atoms with Gasteiger partial charge in [-0.05, 0) is 56.2 Å². The maximum atomic E-state index is 2.49. The summed E-state index contributed by atoms with van der Waals surface area (Å²) in [6, 6.07) is 33.6. The lowest BCUT2D eigenvalue weighted by atomic mass is 10.1. The fourth-order valence-electron chi connectivity index (χ4n) is 4.06. The van der Waals surface area contributed by atoms with E-state index in [-0.39, 0.29) is 5.16 Å². The lowest BCUT2D eigenvalue weighted by molar-refractivity contribution is 0.588. The first-order valence-electron chi connectivity index (χ1n) is 9.25. The molecule has 0 atom stereocenters. The molecule has 0 spiro atoms. The smallest absolute Gasteiger partial charge is 0.0620 e. The fraction of sp³-hybridized carbons (Fsp3) is 0.250. The minimum absolute atomic E-state index is 0.219. The van der Waals surface area contributed by atoms with Gasteiger partial charge in [0.25, 0.3) is 0 Å². The van der Waals surface area contributed by atoms with Crippen LogP contribution in [-0.2, 0) is 0 Å². The summed E-state index contributed by atoms with van der Waals surface area (Å²) in [4.78, 5) is 0. The van der Waals surface area contributed by atoms with Crippen LogP contribution in [0.15, 0.2) is 91.0 Å². The Hall–Kier alpha value is -1.91. The molecule has 0 unspecified atom stereocenters. The van der Waals surface area contributed by atoms with E-state index < -0.39 is 7.26 Å². The predicted octanol–water partition coefficient (Wildman–Crippen LogP) is 5.56. The van der Waals surface area contributed by atoms with Crippen LogP contribution < -0.4 is 15.9 Å². The summed E-state index contributed by atoms with van der Waals surface area (Å²) in [7, 11) is -1.78. The van der Waals surface area contributed by atoms with Gasteiger partial charge in [-0.15, -0.1) is 0 Å². The van der Waals surface area contributed by atoms with Crippen LogP contribution in [0.25, 0.3) is 0 Å². The van der Waals surface area contributed by atoms with Crippen LogP contribution in [0.2, 0.25) is 0 Å². The Morgan fingerprint density at radius 1 is 0.560 bits per heavy atom. The zero-order chi connectivity index (χ0) is 17.8. The van der Waals surface area contributed by atoms with Gasteiger partial charge in [0.15, 0.2) is 0 Å². The Morgan fingerprint density at radius 3 is 1.08 bits per heavy atom. The molecule has 0 aliphatic rings. The third kappa shape index (κ3) is 2.94. The molecule has 3 rings (SSSR count). The van der Waals surface area contributed by atoms with Gasteiger partial charge in [0.2, 0.25) is 0 Å². The van der Waals surface area contributed by atoms with Crippen molar-refractivity contribution in [2.75, 3.05) is 0 Å². The topological polar surface area (TPSA) is 0 Å². The first-order chi connectivity index (χ1) is 12.2. The van der Waals surface area contributed by atoms with Gasteiger partial charge in [-0.2, -0.15) is 0 Å². The van der Waals surface area contributed by atoms with Crippen LogP contribution in [-0.4, -0.2) is 5.16 Å². The molecule has 0 aliphatic heterocycles. The highest BCUT2D eigenvalue weighted by molar-refractivity contribution is 7.96. The van der Waals surface area contributed by atoms with E-state index in [0.29, 0.717) is 0 Å². The highest BCUT2D eigenvalue weighted by Crippen LogP contribution is 2.68. The van der Waals surface area contributed by atoms with E-state index in [1.165, 1.54) is 15.9 Å². The third-order valence-corrected chi connectivity index (χ3v) is 11.2. The minimum atomic E-state index is -1.78. The second-order valence-corrected chi connectivity index (χ2v) is 10.9. The molecule has 0 heterocycles. The molecule has 0 bridgehead atoms. The standard InChI is InChI=1S/C24H28P/c1-4-24(3,5-2)25(21-15-9-6-10-16-21,22-17-11-7-12-18-22)23-19-13-8-14-20-23/h6-20H,4-5H2,1-3H3/q+1. The molecule has 3 aromatic carbocycles. The summed E-state index contributed by atoms with van der Waals surface area (Å²) < 4.78 is 0. The van der Waals surface area contributed by atoms with Gasteiger partial charge >= 0.3 is 0 Å². The number of rotatable bonds is 6. The van der Waals surface area contributed by atoms with Gasteiger partial charge in [-0.3, -0.25) is 0 Å². The van der Waals surface area contributed by atoms with Crippen LogP contribution in [0, 0.1) is 0 Å². The van der Waals surface area contributed by atoms with Gasteiger partial charge in [0.1, 0.15) is 23.2 Å². The molecule has 0 fully saturated rings.